The fourth-order valence-corrected chi connectivity index (χ4v) is 4.65. The van der Waals surface area contributed by atoms with Gasteiger partial charge in [0.05, 0.1) is 16.1 Å². The van der Waals surface area contributed by atoms with Gasteiger partial charge in [0.25, 0.3) is 0 Å². The molecule has 2 saturated carbocycles. The number of hydrogen-bond donors (Lipinski definition) is 1. The predicted octanol–water partition coefficient (Wildman–Crippen LogP) is 5.50. The molecule has 1 nitrogen and oxygen atoms in total. The first-order valence-corrected chi connectivity index (χ1v) is 9.01. The van der Waals surface area contributed by atoms with Crippen LogP contribution < -0.4 is 0 Å². The number of aliphatic hydroxyl groups is 1. The highest BCUT2D eigenvalue weighted by molar-refractivity contribution is 6.42. The zero-order chi connectivity index (χ0) is 14.8. The first-order valence-electron chi connectivity index (χ1n) is 8.25. The third-order valence-corrected chi connectivity index (χ3v) is 6.29. The number of aliphatic hydroxyl groups excluding tert-OH is 1. The summed E-state index contributed by atoms with van der Waals surface area (Å²) in [6.07, 6.45) is 9.75. The van der Waals surface area contributed by atoms with E-state index in [4.69, 9.17) is 23.2 Å². The van der Waals surface area contributed by atoms with Crippen molar-refractivity contribution in [1.82, 2.24) is 0 Å². The first kappa shape index (κ1) is 15.6. The van der Waals surface area contributed by atoms with Gasteiger partial charge in [-0.1, -0.05) is 55.0 Å². The van der Waals surface area contributed by atoms with E-state index in [1.54, 1.807) is 0 Å². The molecule has 0 aromatic heterocycles. The molecule has 0 heterocycles. The zero-order valence-corrected chi connectivity index (χ0v) is 13.9. The predicted molar refractivity (Wildman–Crippen MR) is 89.0 cm³/mol. The van der Waals surface area contributed by atoms with Gasteiger partial charge in [-0.3, -0.25) is 0 Å². The lowest BCUT2D eigenvalue weighted by Gasteiger charge is -2.40. The van der Waals surface area contributed by atoms with E-state index < -0.39 is 0 Å². The van der Waals surface area contributed by atoms with Crippen molar-refractivity contribution < 1.29 is 5.11 Å². The van der Waals surface area contributed by atoms with Gasteiger partial charge in [-0.2, -0.15) is 0 Å². The van der Waals surface area contributed by atoms with Crippen LogP contribution >= 0.6 is 23.2 Å². The monoisotopic (exact) mass is 326 g/mol. The Morgan fingerprint density at radius 1 is 1.00 bits per heavy atom. The van der Waals surface area contributed by atoms with Crippen LogP contribution in [-0.4, -0.2) is 11.2 Å². The second-order valence-corrected chi connectivity index (χ2v) is 7.71. The van der Waals surface area contributed by atoms with Crippen LogP contribution in [0.4, 0.5) is 0 Å². The SMILES string of the molecule is OC(Cc1ccc(Cl)c(Cl)c1)C1CCC2CCCCC2C1. The van der Waals surface area contributed by atoms with Crippen molar-refractivity contribution in [2.75, 3.05) is 0 Å². The van der Waals surface area contributed by atoms with Gasteiger partial charge in [-0.15, -0.1) is 0 Å². The molecule has 3 heteroatoms. The second kappa shape index (κ2) is 6.89. The van der Waals surface area contributed by atoms with Gasteiger partial charge in [-0.05, 0) is 61.1 Å². The summed E-state index contributed by atoms with van der Waals surface area (Å²) < 4.78 is 0. The third-order valence-electron chi connectivity index (χ3n) is 5.55. The molecule has 4 atom stereocenters. The molecular weight excluding hydrogens is 303 g/mol. The van der Waals surface area contributed by atoms with Gasteiger partial charge in [0.1, 0.15) is 0 Å². The van der Waals surface area contributed by atoms with E-state index in [1.165, 1.54) is 44.9 Å². The number of rotatable bonds is 3. The first-order chi connectivity index (χ1) is 10.1. The molecule has 1 N–H and O–H groups in total. The quantitative estimate of drug-likeness (QED) is 0.777. The number of benzene rings is 1. The average molecular weight is 327 g/mol. The maximum Gasteiger partial charge on any atom is 0.0608 e. The molecule has 0 spiro atoms. The van der Waals surface area contributed by atoms with Crippen molar-refractivity contribution >= 4 is 23.2 Å². The minimum Gasteiger partial charge on any atom is -0.392 e. The lowest BCUT2D eigenvalue weighted by molar-refractivity contribution is 0.0361. The molecule has 1 aromatic carbocycles. The summed E-state index contributed by atoms with van der Waals surface area (Å²) >= 11 is 12.0. The molecule has 0 radical (unpaired) electrons. The van der Waals surface area contributed by atoms with E-state index in [2.05, 4.69) is 0 Å². The van der Waals surface area contributed by atoms with Crippen molar-refractivity contribution in [2.45, 2.75) is 57.5 Å². The van der Waals surface area contributed by atoms with E-state index in [0.29, 0.717) is 22.4 Å². The van der Waals surface area contributed by atoms with Crippen LogP contribution in [0.2, 0.25) is 10.0 Å². The Morgan fingerprint density at radius 2 is 1.76 bits per heavy atom. The third kappa shape index (κ3) is 3.75. The largest absolute Gasteiger partial charge is 0.392 e. The smallest absolute Gasteiger partial charge is 0.0608 e. The topological polar surface area (TPSA) is 20.2 Å². The maximum absolute atomic E-state index is 10.6. The molecule has 2 aliphatic carbocycles. The van der Waals surface area contributed by atoms with Gasteiger partial charge >= 0.3 is 0 Å². The molecule has 21 heavy (non-hydrogen) atoms. The average Bonchev–Trinajstić information content (AvgIpc) is 2.50. The van der Waals surface area contributed by atoms with Gasteiger partial charge in [0, 0.05) is 0 Å². The summed E-state index contributed by atoms with van der Waals surface area (Å²) in [6.45, 7) is 0. The Bertz CT molecular complexity index is 488. The second-order valence-electron chi connectivity index (χ2n) is 6.90. The van der Waals surface area contributed by atoms with Crippen molar-refractivity contribution in [1.29, 1.82) is 0 Å². The molecule has 0 amide bonds. The Labute approximate surface area is 137 Å². The molecule has 0 aliphatic heterocycles. The number of hydrogen-bond acceptors (Lipinski definition) is 1. The fraction of sp³-hybridized carbons (Fsp3) is 0.667. The minimum absolute atomic E-state index is 0.245. The molecule has 2 fully saturated rings. The molecule has 1 aromatic rings. The summed E-state index contributed by atoms with van der Waals surface area (Å²) in [5.41, 5.74) is 1.09. The van der Waals surface area contributed by atoms with Crippen LogP contribution in [0.5, 0.6) is 0 Å². The fourth-order valence-electron chi connectivity index (χ4n) is 4.33. The summed E-state index contributed by atoms with van der Waals surface area (Å²) in [7, 11) is 0. The Hall–Kier alpha value is -0.240. The van der Waals surface area contributed by atoms with Gasteiger partial charge in [0.15, 0.2) is 0 Å². The normalized spacial score (nSPS) is 30.7. The highest BCUT2D eigenvalue weighted by Crippen LogP contribution is 2.43. The Morgan fingerprint density at radius 3 is 2.52 bits per heavy atom. The molecule has 0 bridgehead atoms. The van der Waals surface area contributed by atoms with E-state index in [1.807, 2.05) is 18.2 Å². The standard InChI is InChI=1S/C18H24Cl2O/c19-16-8-5-12(9-17(16)20)10-18(21)15-7-6-13-3-1-2-4-14(13)11-15/h5,8-9,13-15,18,21H,1-4,6-7,10-11H2. The summed E-state index contributed by atoms with van der Waals surface area (Å²) in [5, 5.41) is 11.8. The van der Waals surface area contributed by atoms with Crippen LogP contribution in [-0.2, 0) is 6.42 Å². The summed E-state index contributed by atoms with van der Waals surface area (Å²) in [4.78, 5) is 0. The van der Waals surface area contributed by atoms with Gasteiger partial charge < -0.3 is 5.11 Å². The van der Waals surface area contributed by atoms with Crippen LogP contribution in [0, 0.1) is 17.8 Å². The van der Waals surface area contributed by atoms with E-state index in [-0.39, 0.29) is 6.10 Å². The molecule has 4 unspecified atom stereocenters. The van der Waals surface area contributed by atoms with E-state index in [9.17, 15) is 5.11 Å². The van der Waals surface area contributed by atoms with Crippen LogP contribution in [0.1, 0.15) is 50.5 Å². The van der Waals surface area contributed by atoms with Crippen LogP contribution in [0.3, 0.4) is 0 Å². The molecule has 2 aliphatic rings. The minimum atomic E-state index is -0.245. The van der Waals surface area contributed by atoms with Crippen molar-refractivity contribution in [3.05, 3.63) is 33.8 Å². The van der Waals surface area contributed by atoms with Crippen molar-refractivity contribution in [3.63, 3.8) is 0 Å². The number of fused-ring (bicyclic) bond motifs is 1. The molecule has 0 saturated heterocycles. The Kier molecular flexibility index (Phi) is 5.14. The van der Waals surface area contributed by atoms with Crippen molar-refractivity contribution in [3.8, 4) is 0 Å². The lowest BCUT2D eigenvalue weighted by Crippen LogP contribution is -2.34. The van der Waals surface area contributed by atoms with Gasteiger partial charge in [-0.25, -0.2) is 0 Å². The summed E-state index contributed by atoms with van der Waals surface area (Å²) in [6, 6.07) is 5.69. The van der Waals surface area contributed by atoms with E-state index >= 15 is 0 Å². The maximum atomic E-state index is 10.6. The lowest BCUT2D eigenvalue weighted by atomic mass is 9.66. The highest BCUT2D eigenvalue weighted by Gasteiger charge is 2.34. The van der Waals surface area contributed by atoms with Crippen LogP contribution in [0.25, 0.3) is 0 Å². The van der Waals surface area contributed by atoms with Gasteiger partial charge in [0.2, 0.25) is 0 Å². The summed E-state index contributed by atoms with van der Waals surface area (Å²) in [5.74, 6) is 2.26. The Balaban J connectivity index is 1.60. The molecule has 3 rings (SSSR count). The zero-order valence-electron chi connectivity index (χ0n) is 12.4. The number of halogens is 2. The van der Waals surface area contributed by atoms with E-state index in [0.717, 1.165) is 17.4 Å². The highest BCUT2D eigenvalue weighted by atomic mass is 35.5. The molecule has 116 valence electrons. The van der Waals surface area contributed by atoms with Crippen LogP contribution in [0.15, 0.2) is 18.2 Å². The molecular formula is C18H24Cl2O. The van der Waals surface area contributed by atoms with Crippen molar-refractivity contribution in [2.24, 2.45) is 17.8 Å².